The summed E-state index contributed by atoms with van der Waals surface area (Å²) in [5.41, 5.74) is 1.56. The van der Waals surface area contributed by atoms with Crippen LogP contribution in [0, 0.1) is 12.7 Å². The van der Waals surface area contributed by atoms with Crippen molar-refractivity contribution in [3.05, 3.63) is 40.8 Å². The summed E-state index contributed by atoms with van der Waals surface area (Å²) in [6.07, 6.45) is 0.824. The van der Waals surface area contributed by atoms with Crippen LogP contribution in [0.5, 0.6) is 0 Å². The molecule has 100 valence electrons. The molecule has 1 aromatic heterocycles. The zero-order valence-corrected chi connectivity index (χ0v) is 11.2. The van der Waals surface area contributed by atoms with E-state index in [4.69, 9.17) is 0 Å². The van der Waals surface area contributed by atoms with Crippen molar-refractivity contribution in [2.45, 2.75) is 33.1 Å². The number of carboxylic acid groups (broad SMARTS) is 1. The van der Waals surface area contributed by atoms with Crippen LogP contribution in [0.25, 0.3) is 10.9 Å². The van der Waals surface area contributed by atoms with Crippen molar-refractivity contribution in [3.8, 4) is 0 Å². The Balaban J connectivity index is 2.83. The minimum absolute atomic E-state index is 0.100. The molecule has 2 aromatic rings. The van der Waals surface area contributed by atoms with Crippen molar-refractivity contribution < 1.29 is 14.3 Å². The predicted molar refractivity (Wildman–Crippen MR) is 72.1 cm³/mol. The molecule has 1 heterocycles. The molecule has 0 fully saturated rings. The SMILES string of the molecule is CCC(C)c1cc(C(=O)O)c2cc(C)cc(F)c2n1. The number of aromatic carboxylic acids is 1. The molecule has 1 N–H and O–H groups in total. The first-order valence-electron chi connectivity index (χ1n) is 6.28. The lowest BCUT2D eigenvalue weighted by Gasteiger charge is -2.12. The number of carboxylic acids is 1. The van der Waals surface area contributed by atoms with E-state index < -0.39 is 11.8 Å². The van der Waals surface area contributed by atoms with E-state index in [1.807, 2.05) is 13.8 Å². The van der Waals surface area contributed by atoms with Crippen LogP contribution in [-0.2, 0) is 0 Å². The summed E-state index contributed by atoms with van der Waals surface area (Å²) in [4.78, 5) is 15.6. The molecule has 0 amide bonds. The largest absolute Gasteiger partial charge is 0.478 e. The molecule has 4 heteroatoms. The van der Waals surface area contributed by atoms with Gasteiger partial charge in [0.15, 0.2) is 0 Å². The standard InChI is InChI=1S/C15H16FNO2/c1-4-9(3)13-7-11(15(18)19)10-5-8(2)6-12(16)14(10)17-13/h5-7,9H,4H2,1-3H3,(H,18,19). The molecule has 0 bridgehead atoms. The molecule has 1 unspecified atom stereocenters. The monoisotopic (exact) mass is 261 g/mol. The fourth-order valence-electron chi connectivity index (χ4n) is 2.08. The van der Waals surface area contributed by atoms with E-state index in [-0.39, 0.29) is 17.0 Å². The number of halogens is 1. The van der Waals surface area contributed by atoms with Crippen LogP contribution in [0.15, 0.2) is 18.2 Å². The third kappa shape index (κ3) is 2.43. The van der Waals surface area contributed by atoms with Crippen LogP contribution < -0.4 is 0 Å². The zero-order chi connectivity index (χ0) is 14.2. The maximum atomic E-state index is 14.0. The quantitative estimate of drug-likeness (QED) is 0.911. The Labute approximate surface area is 111 Å². The van der Waals surface area contributed by atoms with E-state index in [9.17, 15) is 14.3 Å². The first-order valence-corrected chi connectivity index (χ1v) is 6.28. The number of hydrogen-bond acceptors (Lipinski definition) is 2. The van der Waals surface area contributed by atoms with Gasteiger partial charge in [-0.1, -0.05) is 13.8 Å². The molecular formula is C15H16FNO2. The zero-order valence-electron chi connectivity index (χ0n) is 11.2. The second-order valence-electron chi connectivity index (χ2n) is 4.85. The number of benzene rings is 1. The van der Waals surface area contributed by atoms with Gasteiger partial charge in [0, 0.05) is 11.1 Å². The summed E-state index contributed by atoms with van der Waals surface area (Å²) in [6.45, 7) is 5.67. The summed E-state index contributed by atoms with van der Waals surface area (Å²) in [5, 5.41) is 9.65. The molecule has 2 rings (SSSR count). The Kier molecular flexibility index (Phi) is 3.51. The average Bonchev–Trinajstić information content (AvgIpc) is 2.36. The van der Waals surface area contributed by atoms with Crippen LogP contribution in [-0.4, -0.2) is 16.1 Å². The van der Waals surface area contributed by atoms with E-state index in [0.717, 1.165) is 6.42 Å². The Morgan fingerprint density at radius 1 is 1.42 bits per heavy atom. The normalized spacial score (nSPS) is 12.6. The third-order valence-corrected chi connectivity index (χ3v) is 3.38. The maximum absolute atomic E-state index is 14.0. The van der Waals surface area contributed by atoms with Crippen LogP contribution in [0.4, 0.5) is 4.39 Å². The smallest absolute Gasteiger partial charge is 0.336 e. The maximum Gasteiger partial charge on any atom is 0.336 e. The summed E-state index contributed by atoms with van der Waals surface area (Å²) in [5.74, 6) is -1.42. The first-order chi connectivity index (χ1) is 8.93. The highest BCUT2D eigenvalue weighted by Gasteiger charge is 2.17. The fourth-order valence-corrected chi connectivity index (χ4v) is 2.08. The van der Waals surface area contributed by atoms with Crippen molar-refractivity contribution in [2.75, 3.05) is 0 Å². The van der Waals surface area contributed by atoms with E-state index in [2.05, 4.69) is 4.98 Å². The summed E-state index contributed by atoms with van der Waals surface area (Å²) in [7, 11) is 0. The lowest BCUT2D eigenvalue weighted by molar-refractivity contribution is 0.0699. The van der Waals surface area contributed by atoms with Gasteiger partial charge in [-0.25, -0.2) is 14.2 Å². The predicted octanol–water partition coefficient (Wildman–Crippen LogP) is 3.89. The van der Waals surface area contributed by atoms with Crippen molar-refractivity contribution in [2.24, 2.45) is 0 Å². The number of rotatable bonds is 3. The Morgan fingerprint density at radius 2 is 2.11 bits per heavy atom. The van der Waals surface area contributed by atoms with Crippen LogP contribution in [0.1, 0.15) is 47.8 Å². The van der Waals surface area contributed by atoms with Gasteiger partial charge >= 0.3 is 5.97 Å². The van der Waals surface area contributed by atoms with E-state index in [1.165, 1.54) is 6.07 Å². The molecular weight excluding hydrogens is 245 g/mol. The molecule has 0 aliphatic heterocycles. The Bertz CT molecular complexity index is 652. The van der Waals surface area contributed by atoms with Crippen molar-refractivity contribution in [1.29, 1.82) is 0 Å². The van der Waals surface area contributed by atoms with Crippen LogP contribution >= 0.6 is 0 Å². The molecule has 3 nitrogen and oxygen atoms in total. The van der Waals surface area contributed by atoms with Gasteiger partial charge in [-0.3, -0.25) is 0 Å². The second-order valence-corrected chi connectivity index (χ2v) is 4.85. The molecule has 0 aliphatic carbocycles. The topological polar surface area (TPSA) is 50.2 Å². The van der Waals surface area contributed by atoms with Gasteiger partial charge in [-0.15, -0.1) is 0 Å². The van der Waals surface area contributed by atoms with Crippen molar-refractivity contribution in [3.63, 3.8) is 0 Å². The van der Waals surface area contributed by atoms with Crippen LogP contribution in [0.3, 0.4) is 0 Å². The van der Waals surface area contributed by atoms with Gasteiger partial charge in [-0.05, 0) is 43.0 Å². The summed E-state index contributed by atoms with van der Waals surface area (Å²) in [6, 6.07) is 4.59. The number of nitrogens with zero attached hydrogens (tertiary/aromatic N) is 1. The number of hydrogen-bond donors (Lipinski definition) is 1. The lowest BCUT2D eigenvalue weighted by Crippen LogP contribution is -2.05. The van der Waals surface area contributed by atoms with E-state index in [1.54, 1.807) is 19.1 Å². The molecule has 0 aliphatic rings. The number of aryl methyl sites for hydroxylation is 1. The first kappa shape index (κ1) is 13.5. The molecule has 0 saturated carbocycles. The minimum Gasteiger partial charge on any atom is -0.478 e. The highest BCUT2D eigenvalue weighted by Crippen LogP contribution is 2.26. The van der Waals surface area contributed by atoms with Gasteiger partial charge in [-0.2, -0.15) is 0 Å². The number of fused-ring (bicyclic) bond motifs is 1. The van der Waals surface area contributed by atoms with Gasteiger partial charge in [0.25, 0.3) is 0 Å². The van der Waals surface area contributed by atoms with Gasteiger partial charge in [0.05, 0.1) is 5.56 Å². The number of pyridine rings is 1. The van der Waals surface area contributed by atoms with E-state index >= 15 is 0 Å². The second kappa shape index (κ2) is 4.96. The Morgan fingerprint density at radius 3 is 2.68 bits per heavy atom. The summed E-state index contributed by atoms with van der Waals surface area (Å²) < 4.78 is 14.0. The number of carbonyl (C=O) groups is 1. The van der Waals surface area contributed by atoms with Crippen molar-refractivity contribution >= 4 is 16.9 Å². The highest BCUT2D eigenvalue weighted by molar-refractivity contribution is 6.02. The highest BCUT2D eigenvalue weighted by atomic mass is 19.1. The lowest BCUT2D eigenvalue weighted by atomic mass is 9.99. The number of aromatic nitrogens is 1. The Hall–Kier alpha value is -1.97. The fraction of sp³-hybridized carbons (Fsp3) is 0.333. The van der Waals surface area contributed by atoms with Gasteiger partial charge in [0.2, 0.25) is 0 Å². The molecule has 0 radical (unpaired) electrons. The molecule has 1 atom stereocenters. The molecule has 19 heavy (non-hydrogen) atoms. The average molecular weight is 261 g/mol. The van der Waals surface area contributed by atoms with Crippen LogP contribution in [0.2, 0.25) is 0 Å². The minimum atomic E-state index is -1.05. The van der Waals surface area contributed by atoms with Gasteiger partial charge < -0.3 is 5.11 Å². The van der Waals surface area contributed by atoms with Gasteiger partial charge in [0.1, 0.15) is 11.3 Å². The molecule has 0 spiro atoms. The molecule has 0 saturated heterocycles. The van der Waals surface area contributed by atoms with E-state index in [0.29, 0.717) is 16.6 Å². The summed E-state index contributed by atoms with van der Waals surface area (Å²) >= 11 is 0. The third-order valence-electron chi connectivity index (χ3n) is 3.38. The molecule has 1 aromatic carbocycles. The van der Waals surface area contributed by atoms with Crippen molar-refractivity contribution in [1.82, 2.24) is 4.98 Å².